The molecule has 0 aliphatic carbocycles. The molecule has 102 valence electrons. The third-order valence-corrected chi connectivity index (χ3v) is 2.75. The smallest absolute Gasteiger partial charge is 0.221 e. The van der Waals surface area contributed by atoms with Gasteiger partial charge in [0.2, 0.25) is 11.8 Å². The Morgan fingerprint density at radius 2 is 2.25 bits per heavy atom. The van der Waals surface area contributed by atoms with Crippen LogP contribution in [0.15, 0.2) is 28.9 Å². The Hall–Kier alpha value is -2.94. The summed E-state index contributed by atoms with van der Waals surface area (Å²) in [5.41, 5.74) is 7.63. The van der Waals surface area contributed by atoms with Crippen LogP contribution in [0.2, 0.25) is 0 Å². The zero-order valence-electron chi connectivity index (χ0n) is 11.1. The minimum absolute atomic E-state index is 0.0689. The Morgan fingerprint density at radius 3 is 2.85 bits per heavy atom. The molecule has 0 unspecified atom stereocenters. The van der Waals surface area contributed by atoms with Crippen LogP contribution in [-0.2, 0) is 4.79 Å². The van der Waals surface area contributed by atoms with Crippen LogP contribution in [0, 0.1) is 11.3 Å². The van der Waals surface area contributed by atoms with Gasteiger partial charge in [0.25, 0.3) is 0 Å². The van der Waals surface area contributed by atoms with Gasteiger partial charge < -0.3 is 20.2 Å². The van der Waals surface area contributed by atoms with Crippen molar-refractivity contribution in [1.29, 1.82) is 5.26 Å². The summed E-state index contributed by atoms with van der Waals surface area (Å²) in [6.07, 6.45) is 1.41. The minimum Gasteiger partial charge on any atom is -0.495 e. The van der Waals surface area contributed by atoms with Gasteiger partial charge in [0.15, 0.2) is 0 Å². The number of nitrogens with zero attached hydrogens (tertiary/aromatic N) is 1. The molecule has 1 heterocycles. The van der Waals surface area contributed by atoms with Gasteiger partial charge in [-0.2, -0.15) is 5.26 Å². The maximum atomic E-state index is 11.2. The summed E-state index contributed by atoms with van der Waals surface area (Å²) < 4.78 is 10.2. The van der Waals surface area contributed by atoms with E-state index in [1.165, 1.54) is 20.3 Å². The summed E-state index contributed by atoms with van der Waals surface area (Å²) in [7, 11) is 1.51. The van der Waals surface area contributed by atoms with Gasteiger partial charge in [-0.1, -0.05) is 6.07 Å². The molecule has 0 radical (unpaired) electrons. The van der Waals surface area contributed by atoms with E-state index in [0.29, 0.717) is 22.6 Å². The van der Waals surface area contributed by atoms with Crippen LogP contribution in [0.4, 0.5) is 11.6 Å². The highest BCUT2D eigenvalue weighted by atomic mass is 16.5. The van der Waals surface area contributed by atoms with Crippen molar-refractivity contribution in [1.82, 2.24) is 0 Å². The number of nitriles is 1. The Morgan fingerprint density at radius 1 is 1.50 bits per heavy atom. The molecule has 6 nitrogen and oxygen atoms in total. The van der Waals surface area contributed by atoms with Gasteiger partial charge in [-0.3, -0.25) is 4.79 Å². The monoisotopic (exact) mass is 271 g/mol. The van der Waals surface area contributed by atoms with E-state index >= 15 is 0 Å². The lowest BCUT2D eigenvalue weighted by Gasteiger charge is -2.10. The summed E-state index contributed by atoms with van der Waals surface area (Å²) in [6.45, 7) is 1.41. The fourth-order valence-corrected chi connectivity index (χ4v) is 1.86. The SMILES string of the molecule is COc1ccc(-c2coc(N)c2C#N)cc1NC(C)=O. The van der Waals surface area contributed by atoms with Crippen LogP contribution in [-0.4, -0.2) is 13.0 Å². The predicted octanol–water partition coefficient (Wildman–Crippen LogP) is 2.37. The Kier molecular flexibility index (Phi) is 3.62. The van der Waals surface area contributed by atoms with Crippen molar-refractivity contribution in [2.75, 3.05) is 18.2 Å². The number of carbonyl (C=O) groups excluding carboxylic acids is 1. The van der Waals surface area contributed by atoms with Crippen molar-refractivity contribution in [3.05, 3.63) is 30.0 Å². The summed E-state index contributed by atoms with van der Waals surface area (Å²) >= 11 is 0. The number of carbonyl (C=O) groups is 1. The molecule has 0 spiro atoms. The molecule has 20 heavy (non-hydrogen) atoms. The molecule has 6 heteroatoms. The summed E-state index contributed by atoms with van der Waals surface area (Å²) in [6, 6.07) is 7.15. The molecule has 0 saturated heterocycles. The van der Waals surface area contributed by atoms with E-state index in [9.17, 15) is 4.79 Å². The molecule has 0 fully saturated rings. The zero-order valence-corrected chi connectivity index (χ0v) is 11.1. The number of nitrogens with one attached hydrogen (secondary N) is 1. The first kappa shape index (κ1) is 13.5. The lowest BCUT2D eigenvalue weighted by atomic mass is 10.0. The molecular weight excluding hydrogens is 258 g/mol. The number of nitrogen functional groups attached to an aromatic ring is 1. The molecule has 0 bridgehead atoms. The van der Waals surface area contributed by atoms with E-state index in [2.05, 4.69) is 5.32 Å². The van der Waals surface area contributed by atoms with Gasteiger partial charge in [0, 0.05) is 12.5 Å². The second kappa shape index (κ2) is 5.36. The second-order valence-electron chi connectivity index (χ2n) is 4.10. The first-order chi connectivity index (χ1) is 9.56. The van der Waals surface area contributed by atoms with Crippen LogP contribution in [0.25, 0.3) is 11.1 Å². The minimum atomic E-state index is -0.215. The molecule has 2 rings (SSSR count). The summed E-state index contributed by atoms with van der Waals surface area (Å²) in [4.78, 5) is 11.2. The Labute approximate surface area is 115 Å². The molecule has 1 aromatic carbocycles. The number of benzene rings is 1. The number of furan rings is 1. The number of anilines is 2. The largest absolute Gasteiger partial charge is 0.495 e. The van der Waals surface area contributed by atoms with E-state index in [0.717, 1.165) is 0 Å². The van der Waals surface area contributed by atoms with Crippen molar-refractivity contribution in [3.8, 4) is 22.9 Å². The molecular formula is C14H13N3O3. The van der Waals surface area contributed by atoms with Crippen LogP contribution < -0.4 is 15.8 Å². The summed E-state index contributed by atoms with van der Waals surface area (Å²) in [5.74, 6) is 0.381. The van der Waals surface area contributed by atoms with Crippen LogP contribution in [0.5, 0.6) is 5.75 Å². The summed E-state index contributed by atoms with van der Waals surface area (Å²) in [5, 5.41) is 11.8. The predicted molar refractivity (Wildman–Crippen MR) is 74.1 cm³/mol. The quantitative estimate of drug-likeness (QED) is 0.892. The van der Waals surface area contributed by atoms with Gasteiger partial charge in [-0.05, 0) is 17.7 Å². The highest BCUT2D eigenvalue weighted by Crippen LogP contribution is 2.34. The van der Waals surface area contributed by atoms with E-state index in [1.54, 1.807) is 18.2 Å². The van der Waals surface area contributed by atoms with Crippen LogP contribution in [0.1, 0.15) is 12.5 Å². The first-order valence-electron chi connectivity index (χ1n) is 5.80. The number of amides is 1. The number of ether oxygens (including phenoxy) is 1. The number of hydrogen-bond donors (Lipinski definition) is 2. The first-order valence-corrected chi connectivity index (χ1v) is 5.80. The molecule has 2 aromatic rings. The molecule has 3 N–H and O–H groups in total. The number of hydrogen-bond acceptors (Lipinski definition) is 5. The molecule has 0 atom stereocenters. The number of methoxy groups -OCH3 is 1. The average Bonchev–Trinajstić information content (AvgIpc) is 2.79. The standard InChI is InChI=1S/C14H13N3O3/c1-8(18)17-12-5-9(3-4-13(12)19-2)11-7-20-14(16)10(11)6-15/h3-5,7H,16H2,1-2H3,(H,17,18). The highest BCUT2D eigenvalue weighted by molar-refractivity contribution is 5.92. The second-order valence-corrected chi connectivity index (χ2v) is 4.10. The molecule has 1 aromatic heterocycles. The Bertz CT molecular complexity index is 698. The van der Waals surface area contributed by atoms with E-state index in [1.807, 2.05) is 6.07 Å². The van der Waals surface area contributed by atoms with Crippen molar-refractivity contribution in [2.24, 2.45) is 0 Å². The molecule has 0 aliphatic rings. The lowest BCUT2D eigenvalue weighted by molar-refractivity contribution is -0.114. The van der Waals surface area contributed by atoms with Crippen LogP contribution >= 0.6 is 0 Å². The van der Waals surface area contributed by atoms with Crippen molar-refractivity contribution < 1.29 is 13.9 Å². The maximum Gasteiger partial charge on any atom is 0.221 e. The number of nitrogens with two attached hydrogens (primary N) is 1. The highest BCUT2D eigenvalue weighted by Gasteiger charge is 2.15. The van der Waals surface area contributed by atoms with Gasteiger partial charge in [-0.25, -0.2) is 0 Å². The van der Waals surface area contributed by atoms with Crippen molar-refractivity contribution in [2.45, 2.75) is 6.92 Å². The number of rotatable bonds is 3. The van der Waals surface area contributed by atoms with Gasteiger partial charge in [-0.15, -0.1) is 0 Å². The zero-order chi connectivity index (χ0) is 14.7. The molecule has 0 aliphatic heterocycles. The average molecular weight is 271 g/mol. The fraction of sp³-hybridized carbons (Fsp3) is 0.143. The third kappa shape index (κ3) is 2.42. The van der Waals surface area contributed by atoms with E-state index in [4.69, 9.17) is 20.1 Å². The van der Waals surface area contributed by atoms with E-state index < -0.39 is 0 Å². The molecule has 1 amide bonds. The van der Waals surface area contributed by atoms with Gasteiger partial charge in [0.1, 0.15) is 23.6 Å². The van der Waals surface area contributed by atoms with Crippen LogP contribution in [0.3, 0.4) is 0 Å². The van der Waals surface area contributed by atoms with E-state index in [-0.39, 0.29) is 17.4 Å². The topological polar surface area (TPSA) is 101 Å². The normalized spacial score (nSPS) is 9.85. The fourth-order valence-electron chi connectivity index (χ4n) is 1.86. The van der Waals surface area contributed by atoms with Gasteiger partial charge >= 0.3 is 0 Å². The third-order valence-electron chi connectivity index (χ3n) is 2.75. The Balaban J connectivity index is 2.53. The van der Waals surface area contributed by atoms with Crippen molar-refractivity contribution >= 4 is 17.5 Å². The van der Waals surface area contributed by atoms with Crippen molar-refractivity contribution in [3.63, 3.8) is 0 Å². The van der Waals surface area contributed by atoms with Gasteiger partial charge in [0.05, 0.1) is 12.8 Å². The maximum absolute atomic E-state index is 11.2. The molecule has 0 saturated carbocycles. The lowest BCUT2D eigenvalue weighted by Crippen LogP contribution is -2.07.